The van der Waals surface area contributed by atoms with E-state index in [1.807, 2.05) is 0 Å². The number of hydrogen-bond acceptors (Lipinski definition) is 1. The normalized spacial score (nSPS) is 28.3. The van der Waals surface area contributed by atoms with Gasteiger partial charge in [0.25, 0.3) is 0 Å². The van der Waals surface area contributed by atoms with E-state index >= 15 is 0 Å². The van der Waals surface area contributed by atoms with Crippen molar-refractivity contribution in [3.8, 4) is 0 Å². The van der Waals surface area contributed by atoms with Gasteiger partial charge in [-0.3, -0.25) is 0 Å². The van der Waals surface area contributed by atoms with Crippen molar-refractivity contribution in [2.75, 3.05) is 0 Å². The molecule has 1 unspecified atom stereocenters. The van der Waals surface area contributed by atoms with Crippen LogP contribution in [0, 0.1) is 5.41 Å². The molecule has 1 saturated carbocycles. The zero-order chi connectivity index (χ0) is 8.60. The molecule has 1 heteroatoms. The summed E-state index contributed by atoms with van der Waals surface area (Å²) in [5.41, 5.74) is 8.28. The molecule has 68 valence electrons. The highest BCUT2D eigenvalue weighted by Crippen LogP contribution is 2.49. The van der Waals surface area contributed by atoms with Crippen LogP contribution in [0.4, 0.5) is 0 Å². The molecule has 0 aromatic rings. The Morgan fingerprint density at radius 1 is 1.58 bits per heavy atom. The predicted octanol–water partition coefficient (Wildman–Crippen LogP) is 2.61. The first kappa shape index (κ1) is 8.31. The Balaban J connectivity index is 1.85. The molecule has 2 aliphatic carbocycles. The van der Waals surface area contributed by atoms with E-state index in [4.69, 9.17) is 5.73 Å². The molecule has 0 amide bonds. The minimum absolute atomic E-state index is 0.432. The lowest BCUT2D eigenvalue weighted by atomic mass is 9.93. The maximum Gasteiger partial charge on any atom is 0.0130 e. The summed E-state index contributed by atoms with van der Waals surface area (Å²) in [6.45, 7) is 2.33. The highest BCUT2D eigenvalue weighted by atomic mass is 14.7. The lowest BCUT2D eigenvalue weighted by Crippen LogP contribution is -2.29. The number of allylic oxidation sites excluding steroid dienone is 1. The highest BCUT2D eigenvalue weighted by molar-refractivity contribution is 5.12. The van der Waals surface area contributed by atoms with Crippen molar-refractivity contribution in [3.05, 3.63) is 11.6 Å². The molecule has 1 fully saturated rings. The predicted molar refractivity (Wildman–Crippen MR) is 51.9 cm³/mol. The van der Waals surface area contributed by atoms with Crippen LogP contribution in [0.5, 0.6) is 0 Å². The van der Waals surface area contributed by atoms with Gasteiger partial charge in [-0.2, -0.15) is 0 Å². The average Bonchev–Trinajstić information content (AvgIpc) is 2.63. The van der Waals surface area contributed by atoms with Gasteiger partial charge in [0.05, 0.1) is 0 Å². The van der Waals surface area contributed by atoms with E-state index in [2.05, 4.69) is 13.0 Å². The SMILES string of the molecule is CC1(C(N)CC2=CCCC2)CC1. The van der Waals surface area contributed by atoms with Crippen molar-refractivity contribution in [1.29, 1.82) is 0 Å². The lowest BCUT2D eigenvalue weighted by Gasteiger charge is -2.19. The van der Waals surface area contributed by atoms with Crippen LogP contribution < -0.4 is 5.73 Å². The van der Waals surface area contributed by atoms with Crippen LogP contribution >= 0.6 is 0 Å². The van der Waals surface area contributed by atoms with E-state index in [1.54, 1.807) is 5.57 Å². The van der Waals surface area contributed by atoms with Crippen LogP contribution in [0.25, 0.3) is 0 Å². The van der Waals surface area contributed by atoms with Crippen molar-refractivity contribution < 1.29 is 0 Å². The van der Waals surface area contributed by atoms with Gasteiger partial charge < -0.3 is 5.73 Å². The molecule has 0 aliphatic heterocycles. The number of hydrogen-bond donors (Lipinski definition) is 1. The number of nitrogens with two attached hydrogens (primary N) is 1. The molecule has 12 heavy (non-hydrogen) atoms. The van der Waals surface area contributed by atoms with E-state index in [0.717, 1.165) is 6.42 Å². The Kier molecular flexibility index (Phi) is 1.99. The van der Waals surface area contributed by atoms with Crippen LogP contribution in [-0.2, 0) is 0 Å². The first-order chi connectivity index (χ1) is 5.71. The molecule has 2 aliphatic rings. The van der Waals surface area contributed by atoms with Crippen LogP contribution in [-0.4, -0.2) is 6.04 Å². The second-order valence-electron chi connectivity index (χ2n) is 4.72. The van der Waals surface area contributed by atoms with E-state index in [-0.39, 0.29) is 0 Å². The minimum Gasteiger partial charge on any atom is -0.327 e. The summed E-state index contributed by atoms with van der Waals surface area (Å²) in [6, 6.07) is 0.432. The van der Waals surface area contributed by atoms with E-state index in [9.17, 15) is 0 Å². The Morgan fingerprint density at radius 2 is 2.33 bits per heavy atom. The largest absolute Gasteiger partial charge is 0.327 e. The molecule has 2 N–H and O–H groups in total. The van der Waals surface area contributed by atoms with Gasteiger partial charge in [0.15, 0.2) is 0 Å². The minimum atomic E-state index is 0.432. The molecule has 2 rings (SSSR count). The highest BCUT2D eigenvalue weighted by Gasteiger charge is 2.42. The molecule has 0 aromatic carbocycles. The molecule has 0 radical (unpaired) electrons. The Hall–Kier alpha value is -0.300. The summed E-state index contributed by atoms with van der Waals surface area (Å²) in [6.07, 6.45) is 10.2. The van der Waals surface area contributed by atoms with Gasteiger partial charge in [0, 0.05) is 6.04 Å². The van der Waals surface area contributed by atoms with Gasteiger partial charge in [-0.05, 0) is 43.9 Å². The third-order valence-electron chi connectivity index (χ3n) is 3.55. The van der Waals surface area contributed by atoms with Gasteiger partial charge >= 0.3 is 0 Å². The van der Waals surface area contributed by atoms with Gasteiger partial charge in [-0.25, -0.2) is 0 Å². The molecule has 1 nitrogen and oxygen atoms in total. The molecular weight excluding hydrogens is 146 g/mol. The third-order valence-corrected chi connectivity index (χ3v) is 3.55. The summed E-state index contributed by atoms with van der Waals surface area (Å²) in [4.78, 5) is 0. The van der Waals surface area contributed by atoms with Crippen molar-refractivity contribution in [2.45, 2.75) is 51.5 Å². The summed E-state index contributed by atoms with van der Waals surface area (Å²) in [5, 5.41) is 0. The summed E-state index contributed by atoms with van der Waals surface area (Å²) < 4.78 is 0. The van der Waals surface area contributed by atoms with Crippen LogP contribution in [0.1, 0.15) is 45.4 Å². The topological polar surface area (TPSA) is 26.0 Å². The summed E-state index contributed by atoms with van der Waals surface area (Å²) >= 11 is 0. The zero-order valence-electron chi connectivity index (χ0n) is 7.97. The van der Waals surface area contributed by atoms with Gasteiger partial charge in [-0.15, -0.1) is 0 Å². The second kappa shape index (κ2) is 2.88. The zero-order valence-corrected chi connectivity index (χ0v) is 7.97. The fraction of sp³-hybridized carbons (Fsp3) is 0.818. The maximum absolute atomic E-state index is 6.15. The average molecular weight is 165 g/mol. The molecule has 1 atom stereocenters. The summed E-state index contributed by atoms with van der Waals surface area (Å²) in [7, 11) is 0. The molecule has 0 saturated heterocycles. The maximum atomic E-state index is 6.15. The van der Waals surface area contributed by atoms with Crippen molar-refractivity contribution in [2.24, 2.45) is 11.1 Å². The van der Waals surface area contributed by atoms with Crippen LogP contribution in [0.2, 0.25) is 0 Å². The van der Waals surface area contributed by atoms with Gasteiger partial charge in [0.1, 0.15) is 0 Å². The Labute approximate surface area is 75.0 Å². The van der Waals surface area contributed by atoms with Crippen LogP contribution in [0.15, 0.2) is 11.6 Å². The van der Waals surface area contributed by atoms with Crippen molar-refractivity contribution in [3.63, 3.8) is 0 Å². The second-order valence-corrected chi connectivity index (χ2v) is 4.72. The molecule has 0 bridgehead atoms. The fourth-order valence-electron chi connectivity index (χ4n) is 2.02. The Morgan fingerprint density at radius 3 is 2.83 bits per heavy atom. The molecule has 0 heterocycles. The lowest BCUT2D eigenvalue weighted by molar-refractivity contribution is 0.430. The summed E-state index contributed by atoms with van der Waals surface area (Å²) in [5.74, 6) is 0. The fourth-order valence-corrected chi connectivity index (χ4v) is 2.02. The smallest absolute Gasteiger partial charge is 0.0130 e. The first-order valence-electron chi connectivity index (χ1n) is 5.14. The Bertz CT molecular complexity index is 201. The van der Waals surface area contributed by atoms with Gasteiger partial charge in [-0.1, -0.05) is 18.6 Å². The molecule has 0 spiro atoms. The van der Waals surface area contributed by atoms with Crippen LogP contribution in [0.3, 0.4) is 0 Å². The quantitative estimate of drug-likeness (QED) is 0.639. The van der Waals surface area contributed by atoms with Gasteiger partial charge in [0.2, 0.25) is 0 Å². The third kappa shape index (κ3) is 1.56. The molecule has 0 aromatic heterocycles. The molecular formula is C11H19N. The van der Waals surface area contributed by atoms with Crippen molar-refractivity contribution >= 4 is 0 Å². The van der Waals surface area contributed by atoms with Crippen molar-refractivity contribution in [1.82, 2.24) is 0 Å². The van der Waals surface area contributed by atoms with E-state index in [0.29, 0.717) is 11.5 Å². The first-order valence-corrected chi connectivity index (χ1v) is 5.14. The number of rotatable bonds is 3. The monoisotopic (exact) mass is 165 g/mol. The van der Waals surface area contributed by atoms with E-state index < -0.39 is 0 Å². The standard InChI is InChI=1S/C11H19N/c1-11(6-7-11)10(12)8-9-4-2-3-5-9/h4,10H,2-3,5-8,12H2,1H3. The van der Waals surface area contributed by atoms with E-state index in [1.165, 1.54) is 32.1 Å².